The van der Waals surface area contributed by atoms with Gasteiger partial charge in [0.15, 0.2) is 24.0 Å². The molecule has 2 rings (SSSR count). The summed E-state index contributed by atoms with van der Waals surface area (Å²) in [6, 6.07) is 7.34. The summed E-state index contributed by atoms with van der Waals surface area (Å²) in [5, 5.41) is 0. The van der Waals surface area contributed by atoms with Crippen LogP contribution in [0.1, 0.15) is 20.7 Å². The van der Waals surface area contributed by atoms with E-state index in [-0.39, 0.29) is 16.0 Å². The van der Waals surface area contributed by atoms with Crippen LogP contribution in [0.2, 0.25) is 0 Å². The van der Waals surface area contributed by atoms with E-state index in [0.717, 1.165) is 12.1 Å². The number of nitrogens with zero attached hydrogens (tertiary/aromatic N) is 1. The second-order valence-corrected chi connectivity index (χ2v) is 7.19. The van der Waals surface area contributed by atoms with Crippen LogP contribution in [0, 0.1) is 11.6 Å². The average Bonchev–Trinajstić information content (AvgIpc) is 2.67. The van der Waals surface area contributed by atoms with Gasteiger partial charge in [0.25, 0.3) is 10.0 Å². The first-order valence-electron chi connectivity index (χ1n) is 7.45. The predicted octanol–water partition coefficient (Wildman–Crippen LogP) is 2.19. The summed E-state index contributed by atoms with van der Waals surface area (Å²) >= 11 is 0. The maximum Gasteiger partial charge on any atom is 0.338 e. The molecule has 0 bridgehead atoms. The molecule has 0 heterocycles. The molecule has 0 unspecified atom stereocenters. The average molecular weight is 399 g/mol. The van der Waals surface area contributed by atoms with Crippen LogP contribution in [-0.4, -0.2) is 45.4 Å². The lowest BCUT2D eigenvalue weighted by Gasteiger charge is -2.14. The normalized spacial score (nSPS) is 11.4. The third-order valence-electron chi connectivity index (χ3n) is 3.56. The number of Topliss-reactive ketones (excluding diaryl/α,β-unsaturated/α-hetero) is 1. The number of halogens is 2. The highest BCUT2D eigenvalue weighted by molar-refractivity contribution is 7.89. The van der Waals surface area contributed by atoms with Gasteiger partial charge >= 0.3 is 5.97 Å². The van der Waals surface area contributed by atoms with Gasteiger partial charge in [-0.25, -0.2) is 22.0 Å². The van der Waals surface area contributed by atoms with E-state index < -0.39 is 40.0 Å². The van der Waals surface area contributed by atoms with Gasteiger partial charge in [-0.2, -0.15) is 0 Å². The van der Waals surface area contributed by atoms with E-state index >= 15 is 0 Å². The lowest BCUT2D eigenvalue weighted by Crippen LogP contribution is -2.25. The molecule has 0 aliphatic heterocycles. The number of ether oxygens (including phenoxy) is 1. The van der Waals surface area contributed by atoms with E-state index in [4.69, 9.17) is 4.74 Å². The lowest BCUT2D eigenvalue weighted by atomic mass is 10.1. The van der Waals surface area contributed by atoms with E-state index in [2.05, 4.69) is 4.84 Å². The van der Waals surface area contributed by atoms with Crippen LogP contribution in [0.15, 0.2) is 47.4 Å². The molecule has 2 aromatic carbocycles. The maximum atomic E-state index is 13.1. The molecule has 0 aliphatic rings. The second kappa shape index (κ2) is 8.33. The van der Waals surface area contributed by atoms with Gasteiger partial charge in [0.1, 0.15) is 0 Å². The van der Waals surface area contributed by atoms with E-state index in [9.17, 15) is 26.8 Å². The molecule has 0 radical (unpaired) electrons. The van der Waals surface area contributed by atoms with Crippen LogP contribution in [-0.2, 0) is 19.6 Å². The smallest absolute Gasteiger partial charge is 0.338 e. The lowest BCUT2D eigenvalue weighted by molar-refractivity contribution is -0.0258. The van der Waals surface area contributed by atoms with Crippen molar-refractivity contribution in [1.82, 2.24) is 4.47 Å². The molecule has 0 amide bonds. The van der Waals surface area contributed by atoms with Crippen LogP contribution in [0.25, 0.3) is 0 Å². The van der Waals surface area contributed by atoms with Crippen molar-refractivity contribution >= 4 is 21.8 Å². The number of ketones is 1. The summed E-state index contributed by atoms with van der Waals surface area (Å²) in [4.78, 5) is 28.4. The number of carbonyl (C=O) groups excluding carboxylic acids is 2. The molecular weight excluding hydrogens is 384 g/mol. The van der Waals surface area contributed by atoms with Crippen LogP contribution < -0.4 is 0 Å². The summed E-state index contributed by atoms with van der Waals surface area (Å²) in [6.07, 6.45) is 0. The number of benzene rings is 2. The number of rotatable bonds is 7. The van der Waals surface area contributed by atoms with Gasteiger partial charge in [-0.15, -0.1) is 0 Å². The highest BCUT2D eigenvalue weighted by Crippen LogP contribution is 2.16. The minimum Gasteiger partial charge on any atom is -0.454 e. The molecule has 0 atom stereocenters. The zero-order valence-corrected chi connectivity index (χ0v) is 15.1. The Kier molecular flexibility index (Phi) is 6.37. The summed E-state index contributed by atoms with van der Waals surface area (Å²) < 4.78 is 55.6. The zero-order valence-electron chi connectivity index (χ0n) is 14.3. The number of esters is 1. The number of carbonyl (C=O) groups is 2. The van der Waals surface area contributed by atoms with Gasteiger partial charge in [0.2, 0.25) is 0 Å². The van der Waals surface area contributed by atoms with Gasteiger partial charge in [-0.1, -0.05) is 4.47 Å². The first kappa shape index (κ1) is 20.6. The van der Waals surface area contributed by atoms with Gasteiger partial charge < -0.3 is 4.74 Å². The van der Waals surface area contributed by atoms with Crippen LogP contribution >= 0.6 is 0 Å². The molecular formula is C17H15F2NO6S. The fraction of sp³-hybridized carbons (Fsp3) is 0.176. The van der Waals surface area contributed by atoms with E-state index in [0.29, 0.717) is 10.5 Å². The van der Waals surface area contributed by atoms with E-state index in [1.165, 1.54) is 38.4 Å². The number of hydrogen-bond donors (Lipinski definition) is 0. The quantitative estimate of drug-likeness (QED) is 0.403. The van der Waals surface area contributed by atoms with Crippen molar-refractivity contribution in [2.45, 2.75) is 4.90 Å². The molecule has 0 aromatic heterocycles. The summed E-state index contributed by atoms with van der Waals surface area (Å²) in [6.45, 7) is -0.684. The predicted molar refractivity (Wildman–Crippen MR) is 89.4 cm³/mol. The van der Waals surface area contributed by atoms with Crippen molar-refractivity contribution in [1.29, 1.82) is 0 Å². The monoisotopic (exact) mass is 399 g/mol. The van der Waals surface area contributed by atoms with Gasteiger partial charge in [0, 0.05) is 12.6 Å². The third kappa shape index (κ3) is 4.73. The fourth-order valence-corrected chi connectivity index (χ4v) is 2.95. The van der Waals surface area contributed by atoms with Gasteiger partial charge in [-0.05, 0) is 42.5 Å². The van der Waals surface area contributed by atoms with Crippen molar-refractivity contribution < 1.29 is 36.4 Å². The molecule has 144 valence electrons. The Morgan fingerprint density at radius 3 is 2.15 bits per heavy atom. The van der Waals surface area contributed by atoms with Crippen molar-refractivity contribution in [3.63, 3.8) is 0 Å². The van der Waals surface area contributed by atoms with Crippen molar-refractivity contribution in [3.05, 3.63) is 65.2 Å². The maximum absolute atomic E-state index is 13.1. The van der Waals surface area contributed by atoms with E-state index in [1.807, 2.05) is 0 Å². The van der Waals surface area contributed by atoms with Crippen LogP contribution in [0.3, 0.4) is 0 Å². The van der Waals surface area contributed by atoms with Crippen molar-refractivity contribution in [3.8, 4) is 0 Å². The highest BCUT2D eigenvalue weighted by atomic mass is 32.2. The first-order chi connectivity index (χ1) is 12.7. The minimum atomic E-state index is -3.86. The van der Waals surface area contributed by atoms with Crippen LogP contribution in [0.5, 0.6) is 0 Å². The Bertz CT molecular complexity index is 960. The topological polar surface area (TPSA) is 90.0 Å². The molecule has 0 aliphatic carbocycles. The molecule has 0 fully saturated rings. The molecule has 27 heavy (non-hydrogen) atoms. The highest BCUT2D eigenvalue weighted by Gasteiger charge is 2.21. The Morgan fingerprint density at radius 1 is 1.00 bits per heavy atom. The Morgan fingerprint density at radius 2 is 1.59 bits per heavy atom. The number of hydroxylamine groups is 1. The van der Waals surface area contributed by atoms with Crippen LogP contribution in [0.4, 0.5) is 8.78 Å². The van der Waals surface area contributed by atoms with Crippen molar-refractivity contribution in [2.24, 2.45) is 0 Å². The second-order valence-electron chi connectivity index (χ2n) is 5.25. The summed E-state index contributed by atoms with van der Waals surface area (Å²) in [7, 11) is -1.46. The molecule has 0 saturated heterocycles. The Hall–Kier alpha value is -2.69. The summed E-state index contributed by atoms with van der Waals surface area (Å²) in [5.74, 6) is -3.89. The molecule has 10 heteroatoms. The first-order valence-corrected chi connectivity index (χ1v) is 8.89. The summed E-state index contributed by atoms with van der Waals surface area (Å²) in [5.41, 5.74) is -0.141. The Balaban J connectivity index is 2.04. The third-order valence-corrected chi connectivity index (χ3v) is 5.25. The van der Waals surface area contributed by atoms with Gasteiger partial charge in [-0.3, -0.25) is 9.63 Å². The number of hydrogen-bond acceptors (Lipinski definition) is 6. The largest absolute Gasteiger partial charge is 0.454 e. The minimum absolute atomic E-state index is 0.00658. The molecule has 0 saturated carbocycles. The van der Waals surface area contributed by atoms with Gasteiger partial charge in [0.05, 0.1) is 17.6 Å². The molecule has 7 nitrogen and oxygen atoms in total. The number of sulfonamides is 1. The SMILES string of the molecule is CON(C)S(=O)(=O)c1ccc(C(=O)OCC(=O)c2ccc(F)c(F)c2)cc1. The molecule has 0 N–H and O–H groups in total. The standard InChI is InChI=1S/C17H15F2NO6S/c1-20(25-2)27(23,24)13-6-3-11(4-7-13)17(22)26-10-16(21)12-5-8-14(18)15(19)9-12/h3-9H,10H2,1-2H3. The van der Waals surface area contributed by atoms with Crippen molar-refractivity contribution in [2.75, 3.05) is 20.8 Å². The zero-order chi connectivity index (χ0) is 20.2. The molecule has 2 aromatic rings. The Labute approximate surface area is 154 Å². The van der Waals surface area contributed by atoms with E-state index in [1.54, 1.807) is 0 Å². The fourth-order valence-electron chi connectivity index (χ4n) is 1.98. The molecule has 0 spiro atoms.